The van der Waals surface area contributed by atoms with Crippen molar-refractivity contribution in [2.75, 3.05) is 20.8 Å². The average Bonchev–Trinajstić information content (AvgIpc) is 2.71. The molecule has 2 rings (SSSR count). The summed E-state index contributed by atoms with van der Waals surface area (Å²) in [6, 6.07) is 5.17. The third-order valence-corrected chi connectivity index (χ3v) is 3.54. The van der Waals surface area contributed by atoms with Crippen molar-refractivity contribution in [1.82, 2.24) is 4.90 Å². The van der Waals surface area contributed by atoms with Crippen LogP contribution >= 0.6 is 0 Å². The van der Waals surface area contributed by atoms with Gasteiger partial charge < -0.3 is 19.1 Å². The molecule has 1 saturated heterocycles. The third kappa shape index (κ3) is 2.45. The van der Waals surface area contributed by atoms with Gasteiger partial charge in [-0.1, -0.05) is 0 Å². The van der Waals surface area contributed by atoms with Crippen LogP contribution < -0.4 is 9.47 Å². The lowest BCUT2D eigenvalue weighted by atomic mass is 10.0. The Morgan fingerprint density at radius 1 is 1.30 bits per heavy atom. The summed E-state index contributed by atoms with van der Waals surface area (Å²) in [5.41, 5.74) is 0.247. The van der Waals surface area contributed by atoms with Crippen LogP contribution in [0.3, 0.4) is 0 Å². The second-order valence-electron chi connectivity index (χ2n) is 5.47. The van der Waals surface area contributed by atoms with E-state index in [-0.39, 0.29) is 17.7 Å². The molecular formula is C15H21NO4. The van der Waals surface area contributed by atoms with Crippen LogP contribution in [0.1, 0.15) is 31.1 Å². The number of hydrogen-bond donors (Lipinski definition) is 0. The second kappa shape index (κ2) is 5.32. The molecule has 1 amide bonds. The van der Waals surface area contributed by atoms with E-state index in [1.807, 2.05) is 20.8 Å². The number of rotatable bonds is 3. The highest BCUT2D eigenvalue weighted by Crippen LogP contribution is 2.32. The Morgan fingerprint density at radius 2 is 1.95 bits per heavy atom. The highest BCUT2D eigenvalue weighted by molar-refractivity contribution is 5.95. The number of nitrogens with zero attached hydrogens (tertiary/aromatic N) is 1. The molecule has 0 radical (unpaired) electrons. The van der Waals surface area contributed by atoms with Crippen LogP contribution in [0.2, 0.25) is 0 Å². The van der Waals surface area contributed by atoms with Crippen molar-refractivity contribution in [2.45, 2.75) is 32.5 Å². The van der Waals surface area contributed by atoms with Crippen LogP contribution in [0.5, 0.6) is 11.5 Å². The number of benzene rings is 1. The van der Waals surface area contributed by atoms with Crippen molar-refractivity contribution >= 4 is 5.91 Å². The molecule has 1 unspecified atom stereocenters. The Morgan fingerprint density at radius 3 is 2.45 bits per heavy atom. The number of hydrogen-bond acceptors (Lipinski definition) is 4. The summed E-state index contributed by atoms with van der Waals surface area (Å²) in [5, 5.41) is 0. The van der Waals surface area contributed by atoms with E-state index in [1.165, 1.54) is 0 Å². The van der Waals surface area contributed by atoms with Gasteiger partial charge in [0, 0.05) is 5.56 Å². The highest BCUT2D eigenvalue weighted by atomic mass is 16.5. The molecule has 1 heterocycles. The average molecular weight is 279 g/mol. The molecule has 0 bridgehead atoms. The van der Waals surface area contributed by atoms with Crippen LogP contribution in [0, 0.1) is 0 Å². The summed E-state index contributed by atoms with van der Waals surface area (Å²) < 4.78 is 16.0. The van der Waals surface area contributed by atoms with Gasteiger partial charge in [-0.05, 0) is 39.0 Å². The zero-order valence-electron chi connectivity index (χ0n) is 12.6. The van der Waals surface area contributed by atoms with Crippen molar-refractivity contribution in [3.8, 4) is 11.5 Å². The minimum Gasteiger partial charge on any atom is -0.493 e. The van der Waals surface area contributed by atoms with Gasteiger partial charge in [-0.25, -0.2) is 0 Å². The van der Waals surface area contributed by atoms with Crippen LogP contribution in [-0.4, -0.2) is 43.4 Å². The van der Waals surface area contributed by atoms with E-state index in [0.29, 0.717) is 23.7 Å². The van der Waals surface area contributed by atoms with E-state index in [9.17, 15) is 4.79 Å². The molecule has 0 aromatic heterocycles. The Hall–Kier alpha value is -1.75. The van der Waals surface area contributed by atoms with Crippen LogP contribution in [0.15, 0.2) is 18.2 Å². The van der Waals surface area contributed by atoms with Gasteiger partial charge >= 0.3 is 0 Å². The van der Waals surface area contributed by atoms with Crippen molar-refractivity contribution in [3.63, 3.8) is 0 Å². The minimum absolute atomic E-state index is 0.0686. The van der Waals surface area contributed by atoms with Gasteiger partial charge in [0.2, 0.25) is 0 Å². The highest BCUT2D eigenvalue weighted by Gasteiger charge is 2.41. The maximum atomic E-state index is 12.7. The number of carbonyl (C=O) groups is 1. The normalized spacial score (nSPS) is 20.9. The smallest absolute Gasteiger partial charge is 0.256 e. The fourth-order valence-electron chi connectivity index (χ4n) is 2.51. The van der Waals surface area contributed by atoms with Gasteiger partial charge in [-0.2, -0.15) is 0 Å². The number of ether oxygens (including phenoxy) is 3. The van der Waals surface area contributed by atoms with Gasteiger partial charge in [0.1, 0.15) is 6.23 Å². The van der Waals surface area contributed by atoms with Crippen LogP contribution in [-0.2, 0) is 4.74 Å². The van der Waals surface area contributed by atoms with E-state index in [0.717, 1.165) is 0 Å². The summed E-state index contributed by atoms with van der Waals surface area (Å²) in [6.45, 7) is 6.41. The molecular weight excluding hydrogens is 258 g/mol. The predicted molar refractivity (Wildman–Crippen MR) is 75.2 cm³/mol. The van der Waals surface area contributed by atoms with Crippen LogP contribution in [0.4, 0.5) is 0 Å². The zero-order chi connectivity index (χ0) is 14.9. The van der Waals surface area contributed by atoms with Gasteiger partial charge in [0.05, 0.1) is 26.4 Å². The number of carbonyl (C=O) groups excluding carboxylic acids is 1. The van der Waals surface area contributed by atoms with E-state index in [2.05, 4.69) is 0 Å². The first-order chi connectivity index (χ1) is 9.40. The van der Waals surface area contributed by atoms with Crippen molar-refractivity contribution in [2.24, 2.45) is 0 Å². The molecule has 5 heteroatoms. The SMILES string of the molecule is COc1ccc(C(=O)N2C(C)OCC2(C)C)cc1OC. The summed E-state index contributed by atoms with van der Waals surface area (Å²) in [7, 11) is 3.12. The zero-order valence-corrected chi connectivity index (χ0v) is 12.6. The van der Waals surface area contributed by atoms with E-state index in [1.54, 1.807) is 37.3 Å². The molecule has 0 N–H and O–H groups in total. The Labute approximate surface area is 119 Å². The lowest BCUT2D eigenvalue weighted by Crippen LogP contribution is -2.47. The lowest BCUT2D eigenvalue weighted by Gasteiger charge is -2.32. The topological polar surface area (TPSA) is 48.0 Å². The summed E-state index contributed by atoms with van der Waals surface area (Å²) in [6.07, 6.45) is -0.231. The molecule has 20 heavy (non-hydrogen) atoms. The summed E-state index contributed by atoms with van der Waals surface area (Å²) in [4.78, 5) is 14.4. The molecule has 5 nitrogen and oxygen atoms in total. The van der Waals surface area contributed by atoms with E-state index >= 15 is 0 Å². The molecule has 1 aromatic rings. The van der Waals surface area contributed by atoms with Crippen molar-refractivity contribution < 1.29 is 19.0 Å². The van der Waals surface area contributed by atoms with Gasteiger partial charge in [-0.3, -0.25) is 4.79 Å². The van der Waals surface area contributed by atoms with Crippen LogP contribution in [0.25, 0.3) is 0 Å². The molecule has 1 fully saturated rings. The molecule has 0 aliphatic carbocycles. The number of amides is 1. The Bertz CT molecular complexity index is 513. The molecule has 1 atom stereocenters. The molecule has 0 saturated carbocycles. The minimum atomic E-state index is -0.316. The monoisotopic (exact) mass is 279 g/mol. The van der Waals surface area contributed by atoms with Crippen molar-refractivity contribution in [3.05, 3.63) is 23.8 Å². The predicted octanol–water partition coefficient (Wildman–Crippen LogP) is 2.30. The van der Waals surface area contributed by atoms with Crippen molar-refractivity contribution in [1.29, 1.82) is 0 Å². The first-order valence-electron chi connectivity index (χ1n) is 6.58. The van der Waals surface area contributed by atoms with E-state index < -0.39 is 0 Å². The quantitative estimate of drug-likeness (QED) is 0.852. The number of methoxy groups -OCH3 is 2. The maximum Gasteiger partial charge on any atom is 0.256 e. The van der Waals surface area contributed by atoms with Gasteiger partial charge in [0.25, 0.3) is 5.91 Å². The Kier molecular flexibility index (Phi) is 3.90. The molecule has 1 aliphatic heterocycles. The van der Waals surface area contributed by atoms with Gasteiger partial charge in [-0.15, -0.1) is 0 Å². The standard InChI is InChI=1S/C15H21NO4/c1-10-16(15(2,3)9-20-10)14(17)11-6-7-12(18-4)13(8-11)19-5/h6-8,10H,9H2,1-5H3. The molecule has 0 spiro atoms. The second-order valence-corrected chi connectivity index (χ2v) is 5.47. The first-order valence-corrected chi connectivity index (χ1v) is 6.58. The summed E-state index contributed by atoms with van der Waals surface area (Å²) in [5.74, 6) is 1.08. The molecule has 110 valence electrons. The lowest BCUT2D eigenvalue weighted by molar-refractivity contribution is 0.0307. The maximum absolute atomic E-state index is 12.7. The molecule has 1 aromatic carbocycles. The van der Waals surface area contributed by atoms with E-state index in [4.69, 9.17) is 14.2 Å². The first kappa shape index (κ1) is 14.7. The van der Waals surface area contributed by atoms with Gasteiger partial charge in [0.15, 0.2) is 11.5 Å². The fourth-order valence-corrected chi connectivity index (χ4v) is 2.51. The Balaban J connectivity index is 2.34. The largest absolute Gasteiger partial charge is 0.493 e. The molecule has 1 aliphatic rings. The fraction of sp³-hybridized carbons (Fsp3) is 0.533. The third-order valence-electron chi connectivity index (χ3n) is 3.54. The summed E-state index contributed by atoms with van der Waals surface area (Å²) >= 11 is 0.